The van der Waals surface area contributed by atoms with Gasteiger partial charge in [-0.2, -0.15) is 0 Å². The topological polar surface area (TPSA) is 50.1 Å². The Labute approximate surface area is 87.9 Å². The molecule has 0 bridgehead atoms. The molecule has 5 heteroatoms. The second-order valence-electron chi connectivity index (χ2n) is 3.92. The van der Waals surface area contributed by atoms with Gasteiger partial charge in [-0.1, -0.05) is 11.6 Å². The Bertz CT molecular complexity index is 311. The van der Waals surface area contributed by atoms with Gasteiger partial charge in [-0.3, -0.25) is 0 Å². The first-order chi connectivity index (χ1) is 6.61. The molecule has 1 aliphatic rings. The monoisotopic (exact) mass is 215 g/mol. The maximum absolute atomic E-state index is 10.1. The number of hydrogen-bond donors (Lipinski definition) is 2. The fraction of sp³-hybridized carbons (Fsp3) is 0.667. The zero-order valence-corrected chi connectivity index (χ0v) is 8.88. The third-order valence-electron chi connectivity index (χ3n) is 2.73. The van der Waals surface area contributed by atoms with Crippen molar-refractivity contribution in [3.8, 4) is 0 Å². The molecule has 0 radical (unpaired) electrons. The van der Waals surface area contributed by atoms with Gasteiger partial charge in [0.2, 0.25) is 0 Å². The summed E-state index contributed by atoms with van der Waals surface area (Å²) in [5.74, 6) is 0. The maximum Gasteiger partial charge on any atom is 0.150 e. The lowest BCUT2D eigenvalue weighted by molar-refractivity contribution is 0.0602. The van der Waals surface area contributed by atoms with Crippen molar-refractivity contribution in [3.05, 3.63) is 17.2 Å². The molecule has 0 aromatic carbocycles. The smallest absolute Gasteiger partial charge is 0.150 e. The molecule has 0 saturated carbocycles. The fourth-order valence-electron chi connectivity index (χ4n) is 1.82. The molecule has 1 saturated heterocycles. The van der Waals surface area contributed by atoms with E-state index in [2.05, 4.69) is 10.3 Å². The van der Waals surface area contributed by atoms with E-state index < -0.39 is 5.60 Å². The molecule has 1 fully saturated rings. The number of rotatable bonds is 2. The predicted molar refractivity (Wildman–Crippen MR) is 54.4 cm³/mol. The van der Waals surface area contributed by atoms with Crippen LogP contribution in [0.4, 0.5) is 0 Å². The predicted octanol–water partition coefficient (Wildman–Crippen LogP) is 0.340. The van der Waals surface area contributed by atoms with Crippen LogP contribution in [-0.4, -0.2) is 33.3 Å². The summed E-state index contributed by atoms with van der Waals surface area (Å²) < 4.78 is 1.86. The van der Waals surface area contributed by atoms with E-state index in [-0.39, 0.29) is 0 Å². The highest BCUT2D eigenvalue weighted by molar-refractivity contribution is 6.30. The maximum atomic E-state index is 10.1. The number of hydrogen-bond acceptors (Lipinski definition) is 3. The van der Waals surface area contributed by atoms with E-state index in [1.54, 1.807) is 6.33 Å². The molecule has 4 nitrogen and oxygen atoms in total. The summed E-state index contributed by atoms with van der Waals surface area (Å²) >= 11 is 5.92. The minimum Gasteiger partial charge on any atom is -0.388 e. The number of β-amino-alcohol motifs (C(OH)–C–C–N with tert-alkyl or cyclic N) is 1. The number of aryl methyl sites for hydroxylation is 1. The van der Waals surface area contributed by atoms with Crippen LogP contribution in [0.2, 0.25) is 5.15 Å². The quantitative estimate of drug-likeness (QED) is 0.748. The molecule has 78 valence electrons. The van der Waals surface area contributed by atoms with Crippen LogP contribution in [0.15, 0.2) is 6.33 Å². The molecule has 1 aliphatic heterocycles. The van der Waals surface area contributed by atoms with Crippen molar-refractivity contribution in [2.75, 3.05) is 13.1 Å². The molecule has 14 heavy (non-hydrogen) atoms. The van der Waals surface area contributed by atoms with Crippen LogP contribution in [0.3, 0.4) is 0 Å². The highest BCUT2D eigenvalue weighted by Crippen LogP contribution is 2.23. The fourth-order valence-corrected chi connectivity index (χ4v) is 2.06. The summed E-state index contributed by atoms with van der Waals surface area (Å²) in [4.78, 5) is 3.99. The number of nitrogens with one attached hydrogen (secondary N) is 1. The molecule has 2 heterocycles. The molecular weight excluding hydrogens is 202 g/mol. The van der Waals surface area contributed by atoms with Gasteiger partial charge >= 0.3 is 0 Å². The molecule has 1 atom stereocenters. The second kappa shape index (κ2) is 3.53. The van der Waals surface area contributed by atoms with Crippen LogP contribution >= 0.6 is 11.6 Å². The van der Waals surface area contributed by atoms with Crippen LogP contribution in [0.1, 0.15) is 12.1 Å². The van der Waals surface area contributed by atoms with Crippen molar-refractivity contribution in [2.45, 2.75) is 18.4 Å². The van der Waals surface area contributed by atoms with Gasteiger partial charge < -0.3 is 15.0 Å². The van der Waals surface area contributed by atoms with E-state index in [9.17, 15) is 5.11 Å². The Hall–Kier alpha value is -0.580. The summed E-state index contributed by atoms with van der Waals surface area (Å²) in [5, 5.41) is 13.8. The third kappa shape index (κ3) is 1.78. The minimum absolute atomic E-state index is 0.493. The Morgan fingerprint density at radius 2 is 2.57 bits per heavy atom. The molecule has 0 spiro atoms. The number of imidazole rings is 1. The van der Waals surface area contributed by atoms with E-state index in [4.69, 9.17) is 11.6 Å². The van der Waals surface area contributed by atoms with Gasteiger partial charge in [0.1, 0.15) is 5.15 Å². The summed E-state index contributed by atoms with van der Waals surface area (Å²) in [6.07, 6.45) is 3.01. The zero-order valence-electron chi connectivity index (χ0n) is 8.13. The van der Waals surface area contributed by atoms with Gasteiger partial charge in [0, 0.05) is 20.0 Å². The Morgan fingerprint density at radius 1 is 1.79 bits per heavy atom. The van der Waals surface area contributed by atoms with Crippen molar-refractivity contribution < 1.29 is 5.11 Å². The van der Waals surface area contributed by atoms with Crippen LogP contribution < -0.4 is 5.32 Å². The molecule has 1 unspecified atom stereocenters. The van der Waals surface area contributed by atoms with Crippen molar-refractivity contribution in [2.24, 2.45) is 7.05 Å². The van der Waals surface area contributed by atoms with Crippen molar-refractivity contribution in [1.29, 1.82) is 0 Å². The zero-order chi connectivity index (χ0) is 10.2. The van der Waals surface area contributed by atoms with Crippen molar-refractivity contribution in [1.82, 2.24) is 14.9 Å². The molecular formula is C9H14ClN3O. The lowest BCUT2D eigenvalue weighted by Gasteiger charge is -2.21. The standard InChI is InChI=1S/C9H14ClN3O/c1-13-6-12-8(10)7(13)4-9(14)2-3-11-5-9/h6,11,14H,2-5H2,1H3. The molecule has 0 aliphatic carbocycles. The number of aromatic nitrogens is 2. The van der Waals surface area contributed by atoms with Crippen LogP contribution in [0.25, 0.3) is 0 Å². The molecule has 2 rings (SSSR count). The number of halogens is 1. The van der Waals surface area contributed by atoms with Crippen molar-refractivity contribution >= 4 is 11.6 Å². The van der Waals surface area contributed by atoms with Gasteiger partial charge in [0.25, 0.3) is 0 Å². The summed E-state index contributed by atoms with van der Waals surface area (Å²) in [6.45, 7) is 1.50. The van der Waals surface area contributed by atoms with Gasteiger partial charge in [-0.15, -0.1) is 0 Å². The normalized spacial score (nSPS) is 27.1. The summed E-state index contributed by atoms with van der Waals surface area (Å²) in [7, 11) is 1.89. The highest BCUT2D eigenvalue weighted by atomic mass is 35.5. The van der Waals surface area contributed by atoms with E-state index in [0.29, 0.717) is 18.1 Å². The van der Waals surface area contributed by atoms with E-state index >= 15 is 0 Å². The van der Waals surface area contributed by atoms with Crippen LogP contribution in [0, 0.1) is 0 Å². The number of aliphatic hydroxyl groups is 1. The Balaban J connectivity index is 2.17. The second-order valence-corrected chi connectivity index (χ2v) is 4.28. The summed E-state index contributed by atoms with van der Waals surface area (Å²) in [5.41, 5.74) is 0.245. The lowest BCUT2D eigenvalue weighted by atomic mass is 9.97. The van der Waals surface area contributed by atoms with E-state index in [1.807, 2.05) is 11.6 Å². The SMILES string of the molecule is Cn1cnc(Cl)c1CC1(O)CCNC1. The van der Waals surface area contributed by atoms with Gasteiger partial charge in [-0.05, 0) is 13.0 Å². The lowest BCUT2D eigenvalue weighted by Crippen LogP contribution is -2.34. The largest absolute Gasteiger partial charge is 0.388 e. The minimum atomic E-state index is -0.655. The highest BCUT2D eigenvalue weighted by Gasteiger charge is 2.32. The van der Waals surface area contributed by atoms with Gasteiger partial charge in [0.15, 0.2) is 0 Å². The first-order valence-electron chi connectivity index (χ1n) is 4.69. The first-order valence-corrected chi connectivity index (χ1v) is 5.07. The third-order valence-corrected chi connectivity index (χ3v) is 3.04. The van der Waals surface area contributed by atoms with E-state index in [0.717, 1.165) is 18.7 Å². The number of nitrogens with zero attached hydrogens (tertiary/aromatic N) is 2. The van der Waals surface area contributed by atoms with Crippen molar-refractivity contribution in [3.63, 3.8) is 0 Å². The van der Waals surface area contributed by atoms with Crippen LogP contribution in [-0.2, 0) is 13.5 Å². The Kier molecular flexibility index (Phi) is 2.51. The molecule has 2 N–H and O–H groups in total. The molecule has 0 amide bonds. The molecule has 1 aromatic heterocycles. The van der Waals surface area contributed by atoms with E-state index in [1.165, 1.54) is 0 Å². The van der Waals surface area contributed by atoms with Crippen LogP contribution in [0.5, 0.6) is 0 Å². The Morgan fingerprint density at radius 3 is 3.07 bits per heavy atom. The summed E-state index contributed by atoms with van der Waals surface area (Å²) in [6, 6.07) is 0. The van der Waals surface area contributed by atoms with Gasteiger partial charge in [-0.25, -0.2) is 4.98 Å². The van der Waals surface area contributed by atoms with Gasteiger partial charge in [0.05, 0.1) is 17.6 Å². The first kappa shape index (κ1) is 9.96. The average molecular weight is 216 g/mol. The average Bonchev–Trinajstić information content (AvgIpc) is 2.68. The molecule has 1 aromatic rings.